The van der Waals surface area contributed by atoms with Gasteiger partial charge in [-0.15, -0.1) is 11.8 Å². The average molecular weight is 671 g/mol. The average Bonchev–Trinajstić information content (AvgIpc) is 3.53. The number of thioether (sulfide) groups is 1. The molecule has 6 rings (SSSR count). The molecule has 0 saturated heterocycles. The topological polar surface area (TPSA) is 109 Å². The molecule has 0 aliphatic rings. The van der Waals surface area contributed by atoms with Crippen LogP contribution in [0, 0.1) is 0 Å². The van der Waals surface area contributed by atoms with Gasteiger partial charge in [0.1, 0.15) is 18.1 Å². The van der Waals surface area contributed by atoms with Crippen molar-refractivity contribution in [2.24, 2.45) is 0 Å². The number of nitrogens with one attached hydrogen (secondary N) is 3. The monoisotopic (exact) mass is 670 g/mol. The van der Waals surface area contributed by atoms with Gasteiger partial charge < -0.3 is 20.7 Å². The lowest BCUT2D eigenvalue weighted by Gasteiger charge is -2.12. The Morgan fingerprint density at radius 2 is 1.50 bits per heavy atom. The van der Waals surface area contributed by atoms with Crippen molar-refractivity contribution in [3.63, 3.8) is 0 Å². The van der Waals surface area contributed by atoms with Gasteiger partial charge in [0.05, 0.1) is 16.0 Å². The van der Waals surface area contributed by atoms with Crippen LogP contribution < -0.4 is 20.7 Å². The predicted octanol–water partition coefficient (Wildman–Crippen LogP) is 8.02. The highest BCUT2D eigenvalue weighted by molar-refractivity contribution is 8.00. The number of nitrogens with zero attached hydrogens (tertiary/aromatic N) is 1. The minimum absolute atomic E-state index is 0.0649. The summed E-state index contributed by atoms with van der Waals surface area (Å²) in [4.78, 5) is 44.5. The molecule has 3 amide bonds. The predicted molar refractivity (Wildman–Crippen MR) is 193 cm³/mol. The highest BCUT2D eigenvalue weighted by atomic mass is 32.2. The number of fused-ring (bicyclic) bond motifs is 1. The molecule has 0 atom stereocenters. The third-order valence-corrected chi connectivity index (χ3v) is 8.92. The van der Waals surface area contributed by atoms with E-state index in [0.717, 1.165) is 20.7 Å². The Balaban J connectivity index is 1.12. The molecule has 0 aliphatic heterocycles. The van der Waals surface area contributed by atoms with E-state index in [1.807, 2.05) is 91.0 Å². The van der Waals surface area contributed by atoms with Crippen LogP contribution in [0.25, 0.3) is 16.3 Å². The lowest BCUT2D eigenvalue weighted by atomic mass is 10.1. The molecule has 0 unspecified atom stereocenters. The number of aromatic nitrogens is 1. The number of benzene rings is 5. The molecule has 0 aliphatic carbocycles. The molecule has 1 aromatic heterocycles. The van der Waals surface area contributed by atoms with Gasteiger partial charge in [-0.05, 0) is 71.8 Å². The van der Waals surface area contributed by atoms with Gasteiger partial charge in [0, 0.05) is 16.1 Å². The summed E-state index contributed by atoms with van der Waals surface area (Å²) in [7, 11) is 0. The smallest absolute Gasteiger partial charge is 0.272 e. The molecule has 0 radical (unpaired) electrons. The fourth-order valence-electron chi connectivity index (χ4n) is 4.60. The third-order valence-electron chi connectivity index (χ3n) is 6.97. The second kappa shape index (κ2) is 15.7. The molecule has 1 heterocycles. The van der Waals surface area contributed by atoms with Crippen LogP contribution in [-0.4, -0.2) is 28.5 Å². The second-order valence-corrected chi connectivity index (χ2v) is 12.6. The summed E-state index contributed by atoms with van der Waals surface area (Å²) in [6.45, 7) is 0.433. The van der Waals surface area contributed by atoms with Gasteiger partial charge in [0.25, 0.3) is 11.8 Å². The Morgan fingerprint density at radius 1 is 0.771 bits per heavy atom. The van der Waals surface area contributed by atoms with E-state index in [9.17, 15) is 14.4 Å². The Kier molecular flexibility index (Phi) is 10.6. The van der Waals surface area contributed by atoms with E-state index in [1.54, 1.807) is 48.5 Å². The third kappa shape index (κ3) is 8.97. The Bertz CT molecular complexity index is 2030. The molecule has 0 saturated carbocycles. The van der Waals surface area contributed by atoms with Crippen LogP contribution in [0.3, 0.4) is 0 Å². The number of anilines is 2. The van der Waals surface area contributed by atoms with E-state index in [-0.39, 0.29) is 17.4 Å². The van der Waals surface area contributed by atoms with Crippen molar-refractivity contribution in [3.05, 3.63) is 156 Å². The molecular weight excluding hydrogens is 641 g/mol. The first-order valence-corrected chi connectivity index (χ1v) is 16.8. The van der Waals surface area contributed by atoms with Crippen molar-refractivity contribution in [1.82, 2.24) is 10.3 Å². The van der Waals surface area contributed by atoms with Gasteiger partial charge in [0.2, 0.25) is 5.91 Å². The van der Waals surface area contributed by atoms with E-state index in [0.29, 0.717) is 34.3 Å². The van der Waals surface area contributed by atoms with E-state index < -0.39 is 11.8 Å². The summed E-state index contributed by atoms with van der Waals surface area (Å²) in [6, 6.07) is 40.7. The highest BCUT2D eigenvalue weighted by Crippen LogP contribution is 2.27. The van der Waals surface area contributed by atoms with E-state index in [4.69, 9.17) is 4.74 Å². The lowest BCUT2D eigenvalue weighted by molar-refractivity contribution is -0.114. The molecule has 3 N–H and O–H groups in total. The van der Waals surface area contributed by atoms with Crippen molar-refractivity contribution in [1.29, 1.82) is 0 Å². The van der Waals surface area contributed by atoms with Crippen LogP contribution in [0.1, 0.15) is 21.5 Å². The van der Waals surface area contributed by atoms with Gasteiger partial charge in [0.15, 0.2) is 5.13 Å². The lowest BCUT2D eigenvalue weighted by Crippen LogP contribution is -2.30. The molecule has 0 bridgehead atoms. The number of carbonyl (C=O) groups excluding carboxylic acids is 3. The number of hydrogen-bond donors (Lipinski definition) is 3. The minimum atomic E-state index is -0.501. The molecule has 10 heteroatoms. The summed E-state index contributed by atoms with van der Waals surface area (Å²) in [5.41, 5.74) is 3.59. The summed E-state index contributed by atoms with van der Waals surface area (Å²) < 4.78 is 6.89. The van der Waals surface area contributed by atoms with E-state index in [2.05, 4.69) is 20.9 Å². The van der Waals surface area contributed by atoms with Gasteiger partial charge in [-0.25, -0.2) is 4.98 Å². The van der Waals surface area contributed by atoms with Crippen LogP contribution in [0.4, 0.5) is 10.8 Å². The summed E-state index contributed by atoms with van der Waals surface area (Å²) in [5, 5.41) is 9.06. The first-order valence-electron chi connectivity index (χ1n) is 15.0. The van der Waals surface area contributed by atoms with Crippen LogP contribution in [-0.2, 0) is 16.2 Å². The van der Waals surface area contributed by atoms with E-state index in [1.165, 1.54) is 23.1 Å². The van der Waals surface area contributed by atoms with Gasteiger partial charge in [-0.3, -0.25) is 14.4 Å². The molecule has 0 spiro atoms. The zero-order valence-electron chi connectivity index (χ0n) is 25.6. The number of rotatable bonds is 12. The molecule has 48 heavy (non-hydrogen) atoms. The molecule has 6 aromatic rings. The Morgan fingerprint density at radius 3 is 2.27 bits per heavy atom. The fourth-order valence-corrected chi connectivity index (χ4v) is 6.24. The van der Waals surface area contributed by atoms with Crippen molar-refractivity contribution >= 4 is 67.9 Å². The number of hydrogen-bond acceptors (Lipinski definition) is 7. The number of ether oxygens (including phenoxy) is 1. The zero-order chi connectivity index (χ0) is 33.1. The number of thiazole rings is 1. The van der Waals surface area contributed by atoms with Crippen molar-refractivity contribution in [3.8, 4) is 5.75 Å². The van der Waals surface area contributed by atoms with Crippen LogP contribution in [0.15, 0.2) is 144 Å². The normalized spacial score (nSPS) is 11.1. The van der Waals surface area contributed by atoms with E-state index >= 15 is 0 Å². The Labute approximate surface area is 285 Å². The maximum atomic E-state index is 13.6. The van der Waals surface area contributed by atoms with Crippen LogP contribution in [0.5, 0.6) is 5.75 Å². The quantitative estimate of drug-likeness (QED) is 0.0899. The number of para-hydroxylation sites is 1. The van der Waals surface area contributed by atoms with Crippen molar-refractivity contribution in [2.45, 2.75) is 11.5 Å². The Hall–Kier alpha value is -5.71. The van der Waals surface area contributed by atoms with Gasteiger partial charge in [-0.1, -0.05) is 90.2 Å². The fraction of sp³-hybridized carbons (Fsp3) is 0.0526. The molecule has 8 nitrogen and oxygen atoms in total. The maximum Gasteiger partial charge on any atom is 0.272 e. The minimum Gasteiger partial charge on any atom is -0.489 e. The number of carbonyl (C=O) groups is 3. The van der Waals surface area contributed by atoms with Gasteiger partial charge in [-0.2, -0.15) is 0 Å². The maximum absolute atomic E-state index is 13.6. The molecule has 5 aromatic carbocycles. The SMILES string of the molecule is O=C(CSc1cccc(NC(=O)/C(=C/c2ccc(OCc3ccccc3)cc2)NC(=O)c2ccccc2)c1)Nc1nc2ccccc2s1. The zero-order valence-corrected chi connectivity index (χ0v) is 27.2. The summed E-state index contributed by atoms with van der Waals surface area (Å²) in [5.74, 6) is -0.253. The number of amides is 3. The first kappa shape index (κ1) is 32.2. The second-order valence-electron chi connectivity index (χ2n) is 10.5. The standard InChI is InChI=1S/C38H30N4O4S2/c43-35(42-38-41-32-16-7-8-17-34(32)48-38)25-47-31-15-9-14-29(23-31)39-37(45)33(40-36(44)28-12-5-2-6-13-28)22-26-18-20-30(21-19-26)46-24-27-10-3-1-4-11-27/h1-23H,24-25H2,(H,39,45)(H,40,44)(H,41,42,43)/b33-22-. The largest absolute Gasteiger partial charge is 0.489 e. The van der Waals surface area contributed by atoms with Gasteiger partial charge >= 0.3 is 0 Å². The first-order chi connectivity index (χ1) is 23.5. The van der Waals surface area contributed by atoms with Crippen LogP contribution in [0.2, 0.25) is 0 Å². The molecular formula is C38H30N4O4S2. The van der Waals surface area contributed by atoms with Crippen LogP contribution >= 0.6 is 23.1 Å². The van der Waals surface area contributed by atoms with Crippen molar-refractivity contribution in [2.75, 3.05) is 16.4 Å². The summed E-state index contributed by atoms with van der Waals surface area (Å²) in [6.07, 6.45) is 1.61. The summed E-state index contributed by atoms with van der Waals surface area (Å²) >= 11 is 2.76. The van der Waals surface area contributed by atoms with Crippen molar-refractivity contribution < 1.29 is 19.1 Å². The molecule has 0 fully saturated rings. The highest BCUT2D eigenvalue weighted by Gasteiger charge is 2.16. The molecule has 238 valence electrons.